The minimum absolute atomic E-state index is 0.394. The zero-order valence-corrected chi connectivity index (χ0v) is 9.66. The van der Waals surface area contributed by atoms with Gasteiger partial charge in [-0.3, -0.25) is 0 Å². The molecule has 0 saturated heterocycles. The van der Waals surface area contributed by atoms with E-state index in [4.69, 9.17) is 0 Å². The van der Waals surface area contributed by atoms with Gasteiger partial charge in [0.25, 0.3) is 0 Å². The number of aryl methyl sites for hydroxylation is 1. The topological polar surface area (TPSA) is 38.0 Å². The highest BCUT2D eigenvalue weighted by Gasteiger charge is 2.04. The van der Waals surface area contributed by atoms with Crippen LogP contribution in [0.5, 0.6) is 0 Å². The van der Waals surface area contributed by atoms with Gasteiger partial charge in [-0.15, -0.1) is 11.3 Å². The molecule has 1 N–H and O–H groups in total. The number of hydrogen-bond acceptors (Lipinski definition) is 3. The predicted octanol–water partition coefficient (Wildman–Crippen LogP) is 2.35. The SMILES string of the molecule is Cc1ncc(Cn2ccc(C(C)O)c2)s1. The van der Waals surface area contributed by atoms with Crippen molar-refractivity contribution in [1.82, 2.24) is 9.55 Å². The Morgan fingerprint density at radius 2 is 2.40 bits per heavy atom. The zero-order chi connectivity index (χ0) is 10.8. The molecule has 0 radical (unpaired) electrons. The van der Waals surface area contributed by atoms with E-state index in [0.717, 1.165) is 17.1 Å². The monoisotopic (exact) mass is 222 g/mol. The minimum Gasteiger partial charge on any atom is -0.389 e. The third kappa shape index (κ3) is 2.46. The molecule has 15 heavy (non-hydrogen) atoms. The summed E-state index contributed by atoms with van der Waals surface area (Å²) in [6, 6.07) is 1.94. The Morgan fingerprint density at radius 3 is 2.93 bits per heavy atom. The first-order valence-electron chi connectivity index (χ1n) is 4.90. The maximum absolute atomic E-state index is 9.38. The Labute approximate surface area is 93.0 Å². The van der Waals surface area contributed by atoms with Gasteiger partial charge in [0, 0.05) is 23.5 Å². The van der Waals surface area contributed by atoms with Gasteiger partial charge in [-0.2, -0.15) is 0 Å². The van der Waals surface area contributed by atoms with Crippen LogP contribution in [-0.2, 0) is 6.54 Å². The van der Waals surface area contributed by atoms with Crippen LogP contribution in [0.15, 0.2) is 24.7 Å². The molecule has 1 unspecified atom stereocenters. The summed E-state index contributed by atoms with van der Waals surface area (Å²) in [5.41, 5.74) is 0.955. The van der Waals surface area contributed by atoms with Crippen molar-refractivity contribution in [3.05, 3.63) is 40.1 Å². The van der Waals surface area contributed by atoms with Crippen molar-refractivity contribution in [3.63, 3.8) is 0 Å². The highest BCUT2D eigenvalue weighted by Crippen LogP contribution is 2.16. The Morgan fingerprint density at radius 1 is 1.60 bits per heavy atom. The Balaban J connectivity index is 2.11. The van der Waals surface area contributed by atoms with Crippen LogP contribution in [0.1, 0.15) is 28.5 Å². The fourth-order valence-electron chi connectivity index (χ4n) is 1.46. The number of aliphatic hydroxyl groups excluding tert-OH is 1. The Hall–Kier alpha value is -1.13. The second kappa shape index (κ2) is 4.16. The lowest BCUT2D eigenvalue weighted by atomic mass is 10.2. The van der Waals surface area contributed by atoms with Crippen molar-refractivity contribution in [3.8, 4) is 0 Å². The number of aromatic nitrogens is 2. The highest BCUT2D eigenvalue weighted by atomic mass is 32.1. The summed E-state index contributed by atoms with van der Waals surface area (Å²) in [6.07, 6.45) is 5.47. The minimum atomic E-state index is -0.394. The molecule has 1 atom stereocenters. The second-order valence-corrected chi connectivity index (χ2v) is 4.96. The average molecular weight is 222 g/mol. The first-order chi connectivity index (χ1) is 7.15. The van der Waals surface area contributed by atoms with Crippen LogP contribution in [0, 0.1) is 6.92 Å². The molecule has 2 aromatic rings. The van der Waals surface area contributed by atoms with Gasteiger partial charge < -0.3 is 9.67 Å². The lowest BCUT2D eigenvalue weighted by Gasteiger charge is -2.00. The fourth-order valence-corrected chi connectivity index (χ4v) is 2.27. The molecule has 2 aromatic heterocycles. The van der Waals surface area contributed by atoms with Crippen molar-refractivity contribution in [2.45, 2.75) is 26.5 Å². The Bertz CT molecular complexity index is 445. The molecule has 2 heterocycles. The van der Waals surface area contributed by atoms with Crippen molar-refractivity contribution in [1.29, 1.82) is 0 Å². The Kier molecular flexibility index (Phi) is 2.88. The van der Waals surface area contributed by atoms with E-state index >= 15 is 0 Å². The van der Waals surface area contributed by atoms with Gasteiger partial charge in [-0.05, 0) is 25.5 Å². The van der Waals surface area contributed by atoms with E-state index in [0.29, 0.717) is 0 Å². The summed E-state index contributed by atoms with van der Waals surface area (Å²) < 4.78 is 2.06. The van der Waals surface area contributed by atoms with Crippen molar-refractivity contribution >= 4 is 11.3 Å². The van der Waals surface area contributed by atoms with Crippen LogP contribution < -0.4 is 0 Å². The molecule has 2 rings (SSSR count). The number of thiazole rings is 1. The molecule has 0 aliphatic heterocycles. The summed E-state index contributed by atoms with van der Waals surface area (Å²) in [4.78, 5) is 5.45. The van der Waals surface area contributed by atoms with E-state index < -0.39 is 6.10 Å². The van der Waals surface area contributed by atoms with Crippen LogP contribution in [0.4, 0.5) is 0 Å². The van der Waals surface area contributed by atoms with Gasteiger partial charge in [-0.1, -0.05) is 0 Å². The number of nitrogens with zero attached hydrogens (tertiary/aromatic N) is 2. The van der Waals surface area contributed by atoms with Crippen molar-refractivity contribution < 1.29 is 5.11 Å². The molecule has 0 aliphatic rings. The first-order valence-corrected chi connectivity index (χ1v) is 5.72. The van der Waals surface area contributed by atoms with E-state index in [9.17, 15) is 5.11 Å². The first kappa shape index (κ1) is 10.4. The maximum Gasteiger partial charge on any atom is 0.0897 e. The molecule has 3 nitrogen and oxygen atoms in total. The molecule has 0 fully saturated rings. The number of hydrogen-bond donors (Lipinski definition) is 1. The number of aliphatic hydroxyl groups is 1. The lowest BCUT2D eigenvalue weighted by molar-refractivity contribution is 0.199. The van der Waals surface area contributed by atoms with Crippen LogP contribution in [0.2, 0.25) is 0 Å². The van der Waals surface area contributed by atoms with E-state index in [-0.39, 0.29) is 0 Å². The largest absolute Gasteiger partial charge is 0.389 e. The van der Waals surface area contributed by atoms with Gasteiger partial charge in [0.15, 0.2) is 0 Å². The molecule has 0 bridgehead atoms. The van der Waals surface area contributed by atoms with Crippen molar-refractivity contribution in [2.24, 2.45) is 0 Å². The predicted molar refractivity (Wildman–Crippen MR) is 61.0 cm³/mol. The van der Waals surface area contributed by atoms with E-state index in [1.165, 1.54) is 4.88 Å². The molecule has 0 aromatic carbocycles. The molecule has 4 heteroatoms. The molecular weight excluding hydrogens is 208 g/mol. The summed E-state index contributed by atoms with van der Waals surface area (Å²) in [7, 11) is 0. The highest BCUT2D eigenvalue weighted by molar-refractivity contribution is 7.11. The van der Waals surface area contributed by atoms with Crippen LogP contribution in [0.3, 0.4) is 0 Å². The van der Waals surface area contributed by atoms with Gasteiger partial charge in [0.1, 0.15) is 0 Å². The number of rotatable bonds is 3. The fraction of sp³-hybridized carbons (Fsp3) is 0.364. The maximum atomic E-state index is 9.38. The third-order valence-corrected chi connectivity index (χ3v) is 3.16. The van der Waals surface area contributed by atoms with Crippen LogP contribution >= 0.6 is 11.3 Å². The summed E-state index contributed by atoms with van der Waals surface area (Å²) >= 11 is 1.71. The summed E-state index contributed by atoms with van der Waals surface area (Å²) in [5.74, 6) is 0. The van der Waals surface area contributed by atoms with Gasteiger partial charge >= 0.3 is 0 Å². The average Bonchev–Trinajstić information content (AvgIpc) is 2.76. The van der Waals surface area contributed by atoms with Crippen LogP contribution in [0.25, 0.3) is 0 Å². The zero-order valence-electron chi connectivity index (χ0n) is 8.84. The third-order valence-electron chi connectivity index (χ3n) is 2.26. The van der Waals surface area contributed by atoms with E-state index in [1.807, 2.05) is 31.6 Å². The molecule has 0 saturated carbocycles. The van der Waals surface area contributed by atoms with Gasteiger partial charge in [0.2, 0.25) is 0 Å². The van der Waals surface area contributed by atoms with Crippen molar-refractivity contribution in [2.75, 3.05) is 0 Å². The quantitative estimate of drug-likeness (QED) is 0.865. The molecule has 0 amide bonds. The molecule has 0 spiro atoms. The lowest BCUT2D eigenvalue weighted by Crippen LogP contribution is -1.94. The van der Waals surface area contributed by atoms with Crippen LogP contribution in [-0.4, -0.2) is 14.7 Å². The van der Waals surface area contributed by atoms with E-state index in [2.05, 4.69) is 9.55 Å². The van der Waals surface area contributed by atoms with E-state index in [1.54, 1.807) is 18.3 Å². The van der Waals surface area contributed by atoms with Gasteiger partial charge in [-0.25, -0.2) is 4.98 Å². The standard InChI is InChI=1S/C11H14N2OS/c1-8(14)10-3-4-13(6-10)7-11-5-12-9(2)15-11/h3-6,8,14H,7H2,1-2H3. The smallest absolute Gasteiger partial charge is 0.0897 e. The normalized spacial score (nSPS) is 13.0. The second-order valence-electron chi connectivity index (χ2n) is 3.64. The summed E-state index contributed by atoms with van der Waals surface area (Å²) in [5, 5.41) is 10.5. The molecule has 0 aliphatic carbocycles. The summed E-state index contributed by atoms with van der Waals surface area (Å²) in [6.45, 7) is 4.61. The molecule has 80 valence electrons. The van der Waals surface area contributed by atoms with Gasteiger partial charge in [0.05, 0.1) is 17.7 Å². The molecular formula is C11H14N2OS.